The molecular weight excluding hydrogens is 369 g/mol. The van der Waals surface area contributed by atoms with Crippen molar-refractivity contribution in [1.82, 2.24) is 0 Å². The van der Waals surface area contributed by atoms with Crippen LogP contribution in [0.25, 0.3) is 0 Å². The molecule has 0 spiro atoms. The number of carbonyl (C=O) groups excluding carboxylic acids is 2. The first-order valence-corrected chi connectivity index (χ1v) is 9.16. The Morgan fingerprint density at radius 1 is 1.07 bits per heavy atom. The zero-order valence-electron chi connectivity index (χ0n) is 15.7. The molecule has 0 saturated heterocycles. The highest BCUT2D eigenvalue weighted by Gasteiger charge is 2.29. The number of fused-ring (bicyclic) bond motifs is 1. The predicted molar refractivity (Wildman–Crippen MR) is 101 cm³/mol. The minimum Gasteiger partial charge on any atom is -0.324 e. The fourth-order valence-corrected chi connectivity index (χ4v) is 3.32. The quantitative estimate of drug-likeness (QED) is 0.824. The molecule has 0 atom stereocenters. The molecule has 3 rings (SSSR count). The zero-order valence-corrected chi connectivity index (χ0v) is 15.7. The summed E-state index contributed by atoms with van der Waals surface area (Å²) in [5.41, 5.74) is 0.0259. The van der Waals surface area contributed by atoms with Crippen LogP contribution in [-0.2, 0) is 11.2 Å². The number of anilines is 2. The van der Waals surface area contributed by atoms with E-state index in [0.717, 1.165) is 23.1 Å². The molecular formula is C21H21F3N2O2. The first-order chi connectivity index (χ1) is 13.3. The SMILES string of the molecule is CC(C)CC(=O)Nc1ccc(C(=O)N2CCCc3c(F)ccc(F)c32)cc1F. The molecule has 1 heterocycles. The van der Waals surface area contributed by atoms with Gasteiger partial charge in [-0.1, -0.05) is 13.8 Å². The Balaban J connectivity index is 1.86. The van der Waals surface area contributed by atoms with Crippen molar-refractivity contribution in [3.05, 3.63) is 58.9 Å². The number of hydrogen-bond donors (Lipinski definition) is 1. The van der Waals surface area contributed by atoms with E-state index in [1.165, 1.54) is 12.1 Å². The van der Waals surface area contributed by atoms with Crippen molar-refractivity contribution in [1.29, 1.82) is 0 Å². The summed E-state index contributed by atoms with van der Waals surface area (Å²) < 4.78 is 42.7. The highest BCUT2D eigenvalue weighted by atomic mass is 19.1. The number of halogens is 3. The highest BCUT2D eigenvalue weighted by molar-refractivity contribution is 6.07. The molecule has 4 nitrogen and oxygen atoms in total. The van der Waals surface area contributed by atoms with Gasteiger partial charge in [0.15, 0.2) is 0 Å². The minimum absolute atomic E-state index is 0.00382. The molecule has 0 saturated carbocycles. The molecule has 0 aromatic heterocycles. The van der Waals surface area contributed by atoms with Crippen LogP contribution in [0.15, 0.2) is 30.3 Å². The van der Waals surface area contributed by atoms with Crippen molar-refractivity contribution >= 4 is 23.2 Å². The van der Waals surface area contributed by atoms with Gasteiger partial charge < -0.3 is 10.2 Å². The lowest BCUT2D eigenvalue weighted by Gasteiger charge is -2.30. The molecule has 2 aromatic carbocycles. The van der Waals surface area contributed by atoms with Crippen LogP contribution in [0.5, 0.6) is 0 Å². The molecule has 0 unspecified atom stereocenters. The van der Waals surface area contributed by atoms with E-state index in [1.54, 1.807) is 0 Å². The highest BCUT2D eigenvalue weighted by Crippen LogP contribution is 2.33. The van der Waals surface area contributed by atoms with Gasteiger partial charge in [0.2, 0.25) is 5.91 Å². The molecule has 1 N–H and O–H groups in total. The Labute approximate surface area is 161 Å². The fourth-order valence-electron chi connectivity index (χ4n) is 3.32. The van der Waals surface area contributed by atoms with Gasteiger partial charge in [-0.05, 0) is 49.1 Å². The summed E-state index contributed by atoms with van der Waals surface area (Å²) in [6, 6.07) is 5.68. The smallest absolute Gasteiger partial charge is 0.258 e. The Morgan fingerprint density at radius 2 is 1.79 bits per heavy atom. The van der Waals surface area contributed by atoms with Gasteiger partial charge in [0.05, 0.1) is 11.4 Å². The van der Waals surface area contributed by atoms with Crippen LogP contribution < -0.4 is 10.2 Å². The van der Waals surface area contributed by atoms with Gasteiger partial charge in [0, 0.05) is 24.1 Å². The third-order valence-electron chi connectivity index (χ3n) is 4.58. The van der Waals surface area contributed by atoms with Crippen molar-refractivity contribution in [3.63, 3.8) is 0 Å². The Bertz CT molecular complexity index is 928. The molecule has 1 aliphatic heterocycles. The molecule has 148 valence electrons. The molecule has 0 radical (unpaired) electrons. The van der Waals surface area contributed by atoms with E-state index in [9.17, 15) is 22.8 Å². The standard InChI is InChI=1S/C21H21F3N2O2/c1-12(2)10-19(27)25-18-8-5-13(11-17(18)24)21(28)26-9-3-4-14-15(22)6-7-16(23)20(14)26/h5-8,11-12H,3-4,9-10H2,1-2H3,(H,25,27). The molecule has 2 aromatic rings. The minimum atomic E-state index is -0.764. The summed E-state index contributed by atoms with van der Waals surface area (Å²) in [6.45, 7) is 3.95. The maximum atomic E-state index is 14.4. The molecule has 28 heavy (non-hydrogen) atoms. The van der Waals surface area contributed by atoms with Gasteiger partial charge in [-0.2, -0.15) is 0 Å². The second-order valence-corrected chi connectivity index (χ2v) is 7.26. The maximum Gasteiger partial charge on any atom is 0.258 e. The molecule has 2 amide bonds. The van der Waals surface area contributed by atoms with Gasteiger partial charge in [0.1, 0.15) is 17.5 Å². The Morgan fingerprint density at radius 3 is 2.46 bits per heavy atom. The van der Waals surface area contributed by atoms with Crippen LogP contribution in [0.2, 0.25) is 0 Å². The summed E-state index contributed by atoms with van der Waals surface area (Å²) in [5.74, 6) is -2.84. The molecule has 1 aliphatic rings. The molecule has 0 bridgehead atoms. The van der Waals surface area contributed by atoms with E-state index in [4.69, 9.17) is 0 Å². The third-order valence-corrected chi connectivity index (χ3v) is 4.58. The number of carbonyl (C=O) groups is 2. The Hall–Kier alpha value is -2.83. The average molecular weight is 390 g/mol. The largest absolute Gasteiger partial charge is 0.324 e. The number of amides is 2. The normalized spacial score (nSPS) is 13.4. The first-order valence-electron chi connectivity index (χ1n) is 9.16. The van der Waals surface area contributed by atoms with Gasteiger partial charge in [-0.3, -0.25) is 9.59 Å². The van der Waals surface area contributed by atoms with E-state index in [-0.39, 0.29) is 47.3 Å². The van der Waals surface area contributed by atoms with Crippen LogP contribution >= 0.6 is 0 Å². The van der Waals surface area contributed by atoms with E-state index in [1.807, 2.05) is 13.8 Å². The number of nitrogens with one attached hydrogen (secondary N) is 1. The summed E-state index contributed by atoms with van der Waals surface area (Å²) >= 11 is 0. The first kappa shape index (κ1) is 19.9. The van der Waals surface area contributed by atoms with Crippen LogP contribution in [0.1, 0.15) is 42.6 Å². The second kappa shape index (κ2) is 8.04. The molecule has 0 aliphatic carbocycles. The Kier molecular flexibility index (Phi) is 5.72. The number of benzene rings is 2. The van der Waals surface area contributed by atoms with Crippen molar-refractivity contribution in [2.45, 2.75) is 33.1 Å². The lowest BCUT2D eigenvalue weighted by molar-refractivity contribution is -0.116. The van der Waals surface area contributed by atoms with Crippen LogP contribution in [0, 0.1) is 23.4 Å². The monoisotopic (exact) mass is 390 g/mol. The second-order valence-electron chi connectivity index (χ2n) is 7.26. The van der Waals surface area contributed by atoms with Crippen molar-refractivity contribution in [3.8, 4) is 0 Å². The van der Waals surface area contributed by atoms with Gasteiger partial charge >= 0.3 is 0 Å². The summed E-state index contributed by atoms with van der Waals surface area (Å²) in [7, 11) is 0. The van der Waals surface area contributed by atoms with E-state index in [0.29, 0.717) is 12.8 Å². The maximum absolute atomic E-state index is 14.4. The summed E-state index contributed by atoms with van der Waals surface area (Å²) in [4.78, 5) is 25.8. The molecule has 7 heteroatoms. The van der Waals surface area contributed by atoms with E-state index >= 15 is 0 Å². The number of hydrogen-bond acceptors (Lipinski definition) is 2. The number of nitrogens with zero attached hydrogens (tertiary/aromatic N) is 1. The van der Waals surface area contributed by atoms with Gasteiger partial charge in [-0.25, -0.2) is 13.2 Å². The van der Waals surface area contributed by atoms with E-state index < -0.39 is 23.4 Å². The van der Waals surface area contributed by atoms with Gasteiger partial charge in [0.25, 0.3) is 5.91 Å². The lowest BCUT2D eigenvalue weighted by atomic mass is 9.99. The lowest BCUT2D eigenvalue weighted by Crippen LogP contribution is -2.36. The third kappa shape index (κ3) is 4.03. The zero-order chi connectivity index (χ0) is 20.4. The predicted octanol–water partition coefficient (Wildman–Crippen LogP) is 4.68. The average Bonchev–Trinajstić information content (AvgIpc) is 2.65. The van der Waals surface area contributed by atoms with Crippen molar-refractivity contribution < 1.29 is 22.8 Å². The van der Waals surface area contributed by atoms with Gasteiger partial charge in [-0.15, -0.1) is 0 Å². The van der Waals surface area contributed by atoms with Crippen molar-refractivity contribution in [2.24, 2.45) is 5.92 Å². The van der Waals surface area contributed by atoms with E-state index in [2.05, 4.69) is 5.32 Å². The van der Waals surface area contributed by atoms with Crippen LogP contribution in [0.3, 0.4) is 0 Å². The number of rotatable bonds is 4. The molecule has 0 fully saturated rings. The summed E-state index contributed by atoms with van der Waals surface area (Å²) in [6.07, 6.45) is 1.05. The van der Waals surface area contributed by atoms with Crippen LogP contribution in [-0.4, -0.2) is 18.4 Å². The van der Waals surface area contributed by atoms with Crippen molar-refractivity contribution in [2.75, 3.05) is 16.8 Å². The fraction of sp³-hybridized carbons (Fsp3) is 0.333. The van der Waals surface area contributed by atoms with Crippen LogP contribution in [0.4, 0.5) is 24.5 Å². The topological polar surface area (TPSA) is 49.4 Å². The summed E-state index contributed by atoms with van der Waals surface area (Å²) in [5, 5.41) is 2.47.